The van der Waals surface area contributed by atoms with E-state index in [1.54, 1.807) is 0 Å². The summed E-state index contributed by atoms with van der Waals surface area (Å²) < 4.78 is 38.4. The van der Waals surface area contributed by atoms with Gasteiger partial charge in [0.1, 0.15) is 0 Å². The first-order chi connectivity index (χ1) is 9.48. The predicted octanol–water partition coefficient (Wildman–Crippen LogP) is 2.89. The fourth-order valence-electron chi connectivity index (χ4n) is 2.33. The number of alkyl halides is 3. The van der Waals surface area contributed by atoms with Crippen molar-refractivity contribution in [3.63, 3.8) is 0 Å². The van der Waals surface area contributed by atoms with Crippen LogP contribution in [0.4, 0.5) is 13.2 Å². The van der Waals surface area contributed by atoms with Crippen LogP contribution in [0.25, 0.3) is 0 Å². The maximum absolute atomic E-state index is 12.8. The Labute approximate surface area is 127 Å². The zero-order chi connectivity index (χ0) is 14.6. The molecule has 1 aromatic rings. The largest absolute Gasteiger partial charge is 0.416 e. The first-order valence-electron chi connectivity index (χ1n) is 6.64. The summed E-state index contributed by atoms with van der Waals surface area (Å²) in [5.74, 6) is -0.235. The molecule has 2 N–H and O–H groups in total. The average molecular weight is 323 g/mol. The van der Waals surface area contributed by atoms with Crippen molar-refractivity contribution in [2.24, 2.45) is 0 Å². The quantitative estimate of drug-likeness (QED) is 0.898. The van der Waals surface area contributed by atoms with Crippen LogP contribution in [-0.4, -0.2) is 18.5 Å². The lowest BCUT2D eigenvalue weighted by Gasteiger charge is -2.23. The van der Waals surface area contributed by atoms with Gasteiger partial charge in [-0.3, -0.25) is 4.79 Å². The van der Waals surface area contributed by atoms with Crippen molar-refractivity contribution >= 4 is 18.3 Å². The third kappa shape index (κ3) is 4.89. The van der Waals surface area contributed by atoms with E-state index in [1.807, 2.05) is 0 Å². The molecule has 1 unspecified atom stereocenters. The summed E-state index contributed by atoms with van der Waals surface area (Å²) in [5.41, 5.74) is -0.610. The van der Waals surface area contributed by atoms with Gasteiger partial charge in [0, 0.05) is 6.54 Å². The second-order valence-corrected chi connectivity index (χ2v) is 4.88. The molecular formula is C14H18ClF3N2O. The Morgan fingerprint density at radius 1 is 1.29 bits per heavy atom. The third-order valence-corrected chi connectivity index (χ3v) is 3.40. The van der Waals surface area contributed by atoms with Crippen molar-refractivity contribution in [2.75, 3.05) is 6.54 Å². The van der Waals surface area contributed by atoms with E-state index < -0.39 is 11.7 Å². The van der Waals surface area contributed by atoms with E-state index in [-0.39, 0.29) is 36.5 Å². The minimum Gasteiger partial charge on any atom is -0.351 e. The Hall–Kier alpha value is -1.27. The van der Waals surface area contributed by atoms with Gasteiger partial charge >= 0.3 is 6.18 Å². The van der Waals surface area contributed by atoms with Crippen LogP contribution in [0.5, 0.6) is 0 Å². The molecule has 3 nitrogen and oxygen atoms in total. The number of carbonyl (C=O) groups is 1. The van der Waals surface area contributed by atoms with E-state index in [2.05, 4.69) is 10.6 Å². The number of nitrogens with one attached hydrogen (secondary N) is 2. The van der Waals surface area contributed by atoms with E-state index in [0.717, 1.165) is 31.9 Å². The summed E-state index contributed by atoms with van der Waals surface area (Å²) in [6, 6.07) is 5.01. The molecule has 1 aliphatic rings. The first kappa shape index (κ1) is 17.8. The molecule has 1 atom stereocenters. The Morgan fingerprint density at radius 2 is 2.00 bits per heavy atom. The molecule has 1 saturated heterocycles. The monoisotopic (exact) mass is 322 g/mol. The van der Waals surface area contributed by atoms with Crippen LogP contribution >= 0.6 is 12.4 Å². The number of hydrogen-bond acceptors (Lipinski definition) is 2. The maximum atomic E-state index is 12.8. The number of rotatable bonds is 3. The fraction of sp³-hybridized carbons (Fsp3) is 0.500. The van der Waals surface area contributed by atoms with E-state index in [4.69, 9.17) is 0 Å². The molecule has 21 heavy (non-hydrogen) atoms. The molecular weight excluding hydrogens is 305 g/mol. The van der Waals surface area contributed by atoms with E-state index in [1.165, 1.54) is 18.2 Å². The third-order valence-electron chi connectivity index (χ3n) is 3.40. The minimum absolute atomic E-state index is 0. The molecule has 1 aromatic carbocycles. The van der Waals surface area contributed by atoms with Crippen molar-refractivity contribution < 1.29 is 18.0 Å². The maximum Gasteiger partial charge on any atom is 0.416 e. The van der Waals surface area contributed by atoms with Crippen LogP contribution in [0, 0.1) is 0 Å². The van der Waals surface area contributed by atoms with Crippen LogP contribution < -0.4 is 10.6 Å². The number of amides is 1. The topological polar surface area (TPSA) is 41.1 Å². The van der Waals surface area contributed by atoms with Gasteiger partial charge in [0.2, 0.25) is 5.91 Å². The Morgan fingerprint density at radius 3 is 2.62 bits per heavy atom. The van der Waals surface area contributed by atoms with Crippen LogP contribution in [-0.2, 0) is 17.5 Å². The zero-order valence-electron chi connectivity index (χ0n) is 11.4. The molecule has 7 heteroatoms. The number of benzene rings is 1. The van der Waals surface area contributed by atoms with Crippen molar-refractivity contribution in [3.05, 3.63) is 35.4 Å². The molecule has 0 aromatic heterocycles. The Bertz CT molecular complexity index is 474. The van der Waals surface area contributed by atoms with Gasteiger partial charge in [0.15, 0.2) is 0 Å². The molecule has 1 aliphatic heterocycles. The van der Waals surface area contributed by atoms with Crippen molar-refractivity contribution in [2.45, 2.75) is 38.0 Å². The Kier molecular flexibility index (Phi) is 6.48. The van der Waals surface area contributed by atoms with E-state index in [0.29, 0.717) is 0 Å². The van der Waals surface area contributed by atoms with Gasteiger partial charge in [-0.25, -0.2) is 0 Å². The molecule has 1 fully saturated rings. The molecule has 1 heterocycles. The second kappa shape index (κ2) is 7.66. The summed E-state index contributed by atoms with van der Waals surface area (Å²) in [5, 5.41) is 5.65. The summed E-state index contributed by atoms with van der Waals surface area (Å²) in [6.07, 6.45) is -1.68. The number of hydrogen-bond donors (Lipinski definition) is 2. The number of carbonyl (C=O) groups excluding carboxylic acids is 1. The summed E-state index contributed by atoms with van der Waals surface area (Å²) >= 11 is 0. The average Bonchev–Trinajstić information content (AvgIpc) is 2.45. The molecule has 0 bridgehead atoms. The van der Waals surface area contributed by atoms with Crippen LogP contribution in [0.2, 0.25) is 0 Å². The van der Waals surface area contributed by atoms with Gasteiger partial charge in [-0.2, -0.15) is 13.2 Å². The molecule has 0 saturated carbocycles. The van der Waals surface area contributed by atoms with Gasteiger partial charge in [0.25, 0.3) is 0 Å². The lowest BCUT2D eigenvalue weighted by molar-refractivity contribution is -0.138. The normalized spacial score (nSPS) is 18.7. The minimum atomic E-state index is -4.40. The van der Waals surface area contributed by atoms with Gasteiger partial charge in [-0.15, -0.1) is 12.4 Å². The predicted molar refractivity (Wildman–Crippen MR) is 76.2 cm³/mol. The lowest BCUT2D eigenvalue weighted by Crippen LogP contribution is -2.46. The summed E-state index contributed by atoms with van der Waals surface area (Å²) in [6.45, 7) is 0.671. The second-order valence-electron chi connectivity index (χ2n) is 4.88. The Balaban J connectivity index is 0.00000220. The number of piperidine rings is 1. The lowest BCUT2D eigenvalue weighted by atomic mass is 10.0. The van der Waals surface area contributed by atoms with Crippen molar-refractivity contribution in [1.82, 2.24) is 10.6 Å². The highest BCUT2D eigenvalue weighted by molar-refractivity contribution is 5.85. The molecule has 0 aliphatic carbocycles. The van der Waals surface area contributed by atoms with E-state index >= 15 is 0 Å². The molecule has 2 rings (SSSR count). The summed E-state index contributed by atoms with van der Waals surface area (Å²) in [7, 11) is 0. The van der Waals surface area contributed by atoms with Crippen LogP contribution in [0.1, 0.15) is 30.4 Å². The zero-order valence-corrected chi connectivity index (χ0v) is 12.2. The molecule has 0 radical (unpaired) electrons. The molecule has 118 valence electrons. The van der Waals surface area contributed by atoms with E-state index in [9.17, 15) is 18.0 Å². The SMILES string of the molecule is Cl.O=C(NCc1ccccc1C(F)(F)F)C1CCCCN1. The molecule has 0 spiro atoms. The van der Waals surface area contributed by atoms with Crippen LogP contribution in [0.3, 0.4) is 0 Å². The number of halogens is 4. The van der Waals surface area contributed by atoms with Gasteiger partial charge in [-0.1, -0.05) is 24.6 Å². The standard InChI is InChI=1S/C14H17F3N2O.ClH/c15-14(16,17)11-6-2-1-5-10(11)9-19-13(20)12-7-3-4-8-18-12;/h1-2,5-6,12,18H,3-4,7-9H2,(H,19,20);1H. The van der Waals surface area contributed by atoms with Gasteiger partial charge in [-0.05, 0) is 31.0 Å². The first-order valence-corrected chi connectivity index (χ1v) is 6.64. The highest BCUT2D eigenvalue weighted by Crippen LogP contribution is 2.31. The molecule has 1 amide bonds. The van der Waals surface area contributed by atoms with Gasteiger partial charge < -0.3 is 10.6 Å². The highest BCUT2D eigenvalue weighted by Gasteiger charge is 2.33. The van der Waals surface area contributed by atoms with Crippen molar-refractivity contribution in [1.29, 1.82) is 0 Å². The van der Waals surface area contributed by atoms with Crippen molar-refractivity contribution in [3.8, 4) is 0 Å². The smallest absolute Gasteiger partial charge is 0.351 e. The summed E-state index contributed by atoms with van der Waals surface area (Å²) in [4.78, 5) is 11.9. The van der Waals surface area contributed by atoms with Gasteiger partial charge in [0.05, 0.1) is 11.6 Å². The highest BCUT2D eigenvalue weighted by atomic mass is 35.5. The fourth-order valence-corrected chi connectivity index (χ4v) is 2.33. The van der Waals surface area contributed by atoms with Crippen LogP contribution in [0.15, 0.2) is 24.3 Å².